The van der Waals surface area contributed by atoms with Gasteiger partial charge in [-0.05, 0) is 47.5 Å². The predicted octanol–water partition coefficient (Wildman–Crippen LogP) is 4.91. The number of benzene rings is 3. The zero-order valence-electron chi connectivity index (χ0n) is 19.0. The highest BCUT2D eigenvalue weighted by molar-refractivity contribution is 5.71. The van der Waals surface area contributed by atoms with E-state index >= 15 is 0 Å². The molecule has 5 rings (SSSR count). The van der Waals surface area contributed by atoms with Gasteiger partial charge in [0.05, 0.1) is 11.4 Å². The molecule has 0 saturated heterocycles. The van der Waals surface area contributed by atoms with Gasteiger partial charge in [0.1, 0.15) is 17.2 Å². The minimum atomic E-state index is -0.452. The number of phenols is 2. The minimum Gasteiger partial charge on any atom is -0.508 e. The Balaban J connectivity index is 1.70. The number of imidazole rings is 1. The van der Waals surface area contributed by atoms with Gasteiger partial charge in [-0.25, -0.2) is 9.97 Å². The highest BCUT2D eigenvalue weighted by Crippen LogP contribution is 2.30. The van der Waals surface area contributed by atoms with Gasteiger partial charge in [-0.3, -0.25) is 9.20 Å². The summed E-state index contributed by atoms with van der Waals surface area (Å²) >= 11 is 0. The maximum absolute atomic E-state index is 12.0. The molecule has 2 N–H and O–H groups in total. The number of rotatable bonds is 6. The first-order valence-electron chi connectivity index (χ1n) is 11.2. The van der Waals surface area contributed by atoms with Crippen molar-refractivity contribution in [2.75, 3.05) is 0 Å². The second-order valence-corrected chi connectivity index (χ2v) is 8.28. The molecule has 7 nitrogen and oxygen atoms in total. The van der Waals surface area contributed by atoms with E-state index in [1.165, 1.54) is 6.92 Å². The summed E-state index contributed by atoms with van der Waals surface area (Å²) in [5.74, 6) is 0.222. The lowest BCUT2D eigenvalue weighted by molar-refractivity contribution is -0.132. The molecule has 7 heteroatoms. The van der Waals surface area contributed by atoms with Crippen molar-refractivity contribution in [1.82, 2.24) is 14.4 Å². The van der Waals surface area contributed by atoms with Crippen LogP contribution in [-0.2, 0) is 17.6 Å². The van der Waals surface area contributed by atoms with Gasteiger partial charge in [-0.1, -0.05) is 42.5 Å². The molecule has 0 spiro atoms. The molecule has 35 heavy (non-hydrogen) atoms. The summed E-state index contributed by atoms with van der Waals surface area (Å²) in [6.07, 6.45) is 2.73. The number of carbonyl (C=O) groups is 1. The van der Waals surface area contributed by atoms with Crippen LogP contribution in [0.1, 0.15) is 29.4 Å². The third kappa shape index (κ3) is 4.84. The predicted molar refractivity (Wildman–Crippen MR) is 132 cm³/mol. The van der Waals surface area contributed by atoms with Crippen LogP contribution in [0.3, 0.4) is 0 Å². The number of aromatic hydroxyl groups is 2. The summed E-state index contributed by atoms with van der Waals surface area (Å²) < 4.78 is 7.42. The van der Waals surface area contributed by atoms with E-state index in [4.69, 9.17) is 14.7 Å². The molecule has 0 saturated carbocycles. The third-order valence-electron chi connectivity index (χ3n) is 5.63. The van der Waals surface area contributed by atoms with Crippen molar-refractivity contribution in [3.8, 4) is 28.6 Å². The first-order valence-corrected chi connectivity index (χ1v) is 11.2. The first-order chi connectivity index (χ1) is 17.0. The second-order valence-electron chi connectivity index (χ2n) is 8.28. The third-order valence-corrected chi connectivity index (χ3v) is 5.63. The molecule has 0 unspecified atom stereocenters. The van der Waals surface area contributed by atoms with E-state index in [9.17, 15) is 15.0 Å². The molecule has 0 aliphatic rings. The lowest BCUT2D eigenvalue weighted by atomic mass is 10.1. The van der Waals surface area contributed by atoms with Crippen molar-refractivity contribution in [2.45, 2.75) is 19.8 Å². The smallest absolute Gasteiger partial charge is 0.309 e. The number of hydrogen-bond acceptors (Lipinski definition) is 6. The van der Waals surface area contributed by atoms with Crippen LogP contribution in [0.25, 0.3) is 16.9 Å². The zero-order valence-corrected chi connectivity index (χ0v) is 19.0. The van der Waals surface area contributed by atoms with Gasteiger partial charge in [-0.15, -0.1) is 0 Å². The van der Waals surface area contributed by atoms with E-state index in [0.29, 0.717) is 35.8 Å². The Morgan fingerprint density at radius 1 is 0.800 bits per heavy atom. The summed E-state index contributed by atoms with van der Waals surface area (Å²) in [5.41, 5.74) is 5.36. The quantitative estimate of drug-likeness (QED) is 0.346. The summed E-state index contributed by atoms with van der Waals surface area (Å²) in [7, 11) is 0. The Hall–Kier alpha value is -4.65. The molecule has 0 radical (unpaired) electrons. The molecular weight excluding hydrogens is 442 g/mol. The van der Waals surface area contributed by atoms with Crippen molar-refractivity contribution in [3.63, 3.8) is 0 Å². The number of nitrogens with zero attached hydrogens (tertiary/aromatic N) is 3. The number of aromatic nitrogens is 3. The lowest BCUT2D eigenvalue weighted by Gasteiger charge is -2.10. The fraction of sp³-hybridized carbons (Fsp3) is 0.107. The van der Waals surface area contributed by atoms with Gasteiger partial charge in [0.25, 0.3) is 0 Å². The Morgan fingerprint density at radius 2 is 1.40 bits per heavy atom. The lowest BCUT2D eigenvalue weighted by Crippen LogP contribution is -2.07. The maximum Gasteiger partial charge on any atom is 0.309 e. The van der Waals surface area contributed by atoms with Crippen LogP contribution in [0.2, 0.25) is 0 Å². The molecule has 3 aromatic carbocycles. The second kappa shape index (κ2) is 9.30. The zero-order chi connectivity index (χ0) is 24.4. The Bertz CT molecular complexity index is 1490. The molecule has 174 valence electrons. The van der Waals surface area contributed by atoms with Crippen molar-refractivity contribution in [1.29, 1.82) is 0 Å². The van der Waals surface area contributed by atoms with Gasteiger partial charge >= 0.3 is 5.97 Å². The molecule has 5 aromatic rings. The molecule has 0 atom stereocenters. The van der Waals surface area contributed by atoms with E-state index < -0.39 is 5.97 Å². The van der Waals surface area contributed by atoms with Crippen molar-refractivity contribution in [3.05, 3.63) is 108 Å². The number of esters is 1. The van der Waals surface area contributed by atoms with E-state index in [1.807, 2.05) is 42.5 Å². The van der Waals surface area contributed by atoms with Gasteiger partial charge in [0.15, 0.2) is 5.65 Å². The van der Waals surface area contributed by atoms with Crippen molar-refractivity contribution in [2.24, 2.45) is 0 Å². The molecule has 2 heterocycles. The first kappa shape index (κ1) is 22.2. The molecule has 0 aliphatic heterocycles. The van der Waals surface area contributed by atoms with E-state index in [1.54, 1.807) is 47.0 Å². The largest absolute Gasteiger partial charge is 0.508 e. The Kier molecular flexibility index (Phi) is 5.89. The van der Waals surface area contributed by atoms with Crippen LogP contribution in [0, 0.1) is 0 Å². The Labute approximate surface area is 201 Å². The van der Waals surface area contributed by atoms with Crippen LogP contribution in [0.4, 0.5) is 0 Å². The topological polar surface area (TPSA) is 97.0 Å². The summed E-state index contributed by atoms with van der Waals surface area (Å²) in [5, 5.41) is 19.3. The van der Waals surface area contributed by atoms with E-state index in [0.717, 1.165) is 22.4 Å². The molecular formula is C28H23N3O4. The number of phenolic OH excluding ortho intramolecular Hbond substituents is 2. The molecule has 0 bridgehead atoms. The average molecular weight is 466 g/mol. The summed E-state index contributed by atoms with van der Waals surface area (Å²) in [4.78, 5) is 21.8. The van der Waals surface area contributed by atoms with Crippen LogP contribution in [0.15, 0.2) is 85.1 Å². The monoisotopic (exact) mass is 465 g/mol. The minimum absolute atomic E-state index is 0.166. The van der Waals surface area contributed by atoms with Crippen molar-refractivity contribution < 1.29 is 19.7 Å². The number of ether oxygens (including phenoxy) is 1. The van der Waals surface area contributed by atoms with Crippen LogP contribution in [-0.4, -0.2) is 30.6 Å². The highest BCUT2D eigenvalue weighted by Gasteiger charge is 2.21. The SMILES string of the molecule is CC(=O)Oc1c(Cc2ccc(O)cc2)nc2c(Cc3ccccc3)nc(-c3ccc(O)cc3)cn12. The number of hydrogen-bond donors (Lipinski definition) is 2. The van der Waals surface area contributed by atoms with E-state index in [-0.39, 0.29) is 11.5 Å². The summed E-state index contributed by atoms with van der Waals surface area (Å²) in [6, 6.07) is 23.6. The van der Waals surface area contributed by atoms with Crippen molar-refractivity contribution >= 4 is 11.6 Å². The van der Waals surface area contributed by atoms with Crippen LogP contribution in [0.5, 0.6) is 17.4 Å². The molecule has 0 amide bonds. The van der Waals surface area contributed by atoms with Crippen LogP contribution >= 0.6 is 0 Å². The number of fused-ring (bicyclic) bond motifs is 1. The molecule has 0 fully saturated rings. The maximum atomic E-state index is 12.0. The number of carbonyl (C=O) groups excluding carboxylic acids is 1. The average Bonchev–Trinajstić information content (AvgIpc) is 3.18. The molecule has 0 aliphatic carbocycles. The fourth-order valence-corrected chi connectivity index (χ4v) is 3.98. The van der Waals surface area contributed by atoms with Gasteiger partial charge in [0, 0.05) is 31.5 Å². The standard InChI is InChI=1S/C28H23N3O4/c1-18(32)35-28-25(16-20-7-11-22(33)12-8-20)30-27-24(15-19-5-3-2-4-6-19)29-26(17-31(27)28)21-9-13-23(34)14-10-21/h2-14,17,33-34H,15-16H2,1H3. The Morgan fingerprint density at radius 3 is 2.06 bits per heavy atom. The fourth-order valence-electron chi connectivity index (χ4n) is 3.98. The summed E-state index contributed by atoms with van der Waals surface area (Å²) in [6.45, 7) is 1.36. The highest BCUT2D eigenvalue weighted by atomic mass is 16.5. The molecule has 2 aromatic heterocycles. The van der Waals surface area contributed by atoms with Gasteiger partial charge in [-0.2, -0.15) is 0 Å². The van der Waals surface area contributed by atoms with E-state index in [2.05, 4.69) is 0 Å². The van der Waals surface area contributed by atoms with Crippen LogP contribution < -0.4 is 4.74 Å². The van der Waals surface area contributed by atoms with Gasteiger partial charge < -0.3 is 14.9 Å². The van der Waals surface area contributed by atoms with Gasteiger partial charge in [0.2, 0.25) is 5.88 Å². The normalized spacial score (nSPS) is 11.0.